The molecular formula is C27H30ClF3N4O2. The molecule has 1 heterocycles. The van der Waals surface area contributed by atoms with Gasteiger partial charge >= 0.3 is 12.2 Å². The van der Waals surface area contributed by atoms with Crippen molar-refractivity contribution < 1.29 is 23.1 Å². The number of halogens is 4. The quantitative estimate of drug-likeness (QED) is 0.487. The molecule has 37 heavy (non-hydrogen) atoms. The molecule has 1 saturated carbocycles. The number of nitrogens with one attached hydrogen (secondary N) is 1. The Kier molecular flexibility index (Phi) is 8.63. The second-order valence-corrected chi connectivity index (χ2v) is 10.2. The number of benzene rings is 2. The fraction of sp³-hybridized carbons (Fsp3) is 0.481. The Morgan fingerprint density at radius 3 is 2.57 bits per heavy atom. The number of anilines is 1. The van der Waals surface area contributed by atoms with E-state index >= 15 is 0 Å². The van der Waals surface area contributed by atoms with E-state index in [1.165, 1.54) is 6.07 Å². The van der Waals surface area contributed by atoms with Crippen molar-refractivity contribution in [3.63, 3.8) is 0 Å². The third-order valence-corrected chi connectivity index (χ3v) is 7.64. The van der Waals surface area contributed by atoms with Gasteiger partial charge in [0.25, 0.3) is 0 Å². The minimum absolute atomic E-state index is 0.0327. The summed E-state index contributed by atoms with van der Waals surface area (Å²) in [5, 5.41) is 21.3. The van der Waals surface area contributed by atoms with Crippen molar-refractivity contribution in [2.75, 3.05) is 31.5 Å². The molecule has 0 radical (unpaired) electrons. The zero-order valence-electron chi connectivity index (χ0n) is 20.3. The summed E-state index contributed by atoms with van der Waals surface area (Å²) < 4.78 is 39.9. The summed E-state index contributed by atoms with van der Waals surface area (Å²) in [7, 11) is 0. The molecule has 10 heteroatoms. The molecule has 1 saturated heterocycles. The van der Waals surface area contributed by atoms with Crippen molar-refractivity contribution in [2.45, 2.75) is 56.3 Å². The van der Waals surface area contributed by atoms with Gasteiger partial charge in [0.2, 0.25) is 0 Å². The van der Waals surface area contributed by atoms with Crippen LogP contribution in [-0.4, -0.2) is 59.3 Å². The average Bonchev–Trinajstić information content (AvgIpc) is 3.30. The summed E-state index contributed by atoms with van der Waals surface area (Å²) >= 11 is 5.73. The monoisotopic (exact) mass is 534 g/mol. The lowest BCUT2D eigenvalue weighted by atomic mass is 9.81. The van der Waals surface area contributed by atoms with Crippen molar-refractivity contribution in [2.24, 2.45) is 0 Å². The fourth-order valence-corrected chi connectivity index (χ4v) is 5.54. The number of rotatable bonds is 6. The van der Waals surface area contributed by atoms with Crippen LogP contribution in [0.25, 0.3) is 0 Å². The van der Waals surface area contributed by atoms with E-state index in [1.807, 2.05) is 18.2 Å². The Labute approximate surface area is 219 Å². The number of carbonyl (C=O) groups excluding carboxylic acids is 1. The van der Waals surface area contributed by atoms with Gasteiger partial charge in [0, 0.05) is 37.9 Å². The number of amides is 2. The molecule has 1 aliphatic carbocycles. The number of hydrogen-bond acceptors (Lipinski definition) is 4. The van der Waals surface area contributed by atoms with Crippen LogP contribution >= 0.6 is 11.6 Å². The van der Waals surface area contributed by atoms with Gasteiger partial charge < -0.3 is 15.3 Å². The van der Waals surface area contributed by atoms with E-state index in [9.17, 15) is 28.3 Å². The molecule has 2 aromatic rings. The van der Waals surface area contributed by atoms with Gasteiger partial charge in [-0.1, -0.05) is 23.7 Å². The number of aliphatic hydroxyl groups excluding tert-OH is 1. The Hall–Kier alpha value is -2.80. The van der Waals surface area contributed by atoms with E-state index < -0.39 is 22.8 Å². The van der Waals surface area contributed by atoms with Crippen LogP contribution in [0.3, 0.4) is 0 Å². The molecule has 2 amide bonds. The molecule has 2 aromatic carbocycles. The van der Waals surface area contributed by atoms with Gasteiger partial charge in [-0.15, -0.1) is 0 Å². The average molecular weight is 535 g/mol. The number of likely N-dealkylation sites (tertiary alicyclic amines) is 1. The standard InChI is InChI=1S/C27H30ClF3N4O2/c28-25-9-6-21(15-24(25)27(29,30)31)33-26(37)35(13-12-34-11-10-23(36)17-34)22-7-4-19(5-8-22)20-3-1-2-18(14-20)16-32/h1-3,6,9,14-15,19,22-23,36H,4-5,7-8,10-13,17H2,(H,33,37)/t19-,22-,23-/m1/s1. The molecule has 2 aliphatic rings. The zero-order valence-corrected chi connectivity index (χ0v) is 21.1. The predicted octanol–water partition coefficient (Wildman–Crippen LogP) is 5.86. The molecule has 0 unspecified atom stereocenters. The van der Waals surface area contributed by atoms with Crippen molar-refractivity contribution >= 4 is 23.3 Å². The van der Waals surface area contributed by atoms with Crippen molar-refractivity contribution in [1.82, 2.24) is 9.80 Å². The summed E-state index contributed by atoms with van der Waals surface area (Å²) in [6.07, 6.45) is -1.16. The van der Waals surface area contributed by atoms with Crippen molar-refractivity contribution in [3.05, 3.63) is 64.2 Å². The van der Waals surface area contributed by atoms with Crippen LogP contribution in [0.15, 0.2) is 42.5 Å². The SMILES string of the molecule is N#Cc1cccc([C@H]2CC[C@H](N(CCN3CC[C@@H](O)C3)C(=O)Nc3ccc(Cl)c(C(F)(F)F)c3)CC2)c1. The smallest absolute Gasteiger partial charge is 0.392 e. The van der Waals surface area contributed by atoms with Crippen molar-refractivity contribution in [1.29, 1.82) is 5.26 Å². The lowest BCUT2D eigenvalue weighted by Crippen LogP contribution is -2.47. The largest absolute Gasteiger partial charge is 0.417 e. The van der Waals surface area contributed by atoms with Crippen LogP contribution in [0.1, 0.15) is 54.7 Å². The molecule has 0 spiro atoms. The minimum atomic E-state index is -4.63. The lowest BCUT2D eigenvalue weighted by Gasteiger charge is -2.38. The molecule has 4 rings (SSSR count). The van der Waals surface area contributed by atoms with Crippen LogP contribution < -0.4 is 5.32 Å². The third-order valence-electron chi connectivity index (χ3n) is 7.31. The predicted molar refractivity (Wildman–Crippen MR) is 135 cm³/mol. The van der Waals surface area contributed by atoms with Crippen LogP contribution in [0.5, 0.6) is 0 Å². The summed E-state index contributed by atoms with van der Waals surface area (Å²) in [6, 6.07) is 12.6. The number of nitrogens with zero attached hydrogens (tertiary/aromatic N) is 3. The minimum Gasteiger partial charge on any atom is -0.392 e. The molecule has 2 N–H and O–H groups in total. The number of alkyl halides is 3. The number of β-amino-alcohol motifs (C(OH)–C–C–N with tert-alkyl or cyclic N) is 1. The molecule has 2 fully saturated rings. The van der Waals surface area contributed by atoms with Gasteiger partial charge in [0.1, 0.15) is 0 Å². The zero-order chi connectivity index (χ0) is 26.6. The summed E-state index contributed by atoms with van der Waals surface area (Å²) in [6.45, 7) is 2.26. The Bertz CT molecular complexity index is 1150. The van der Waals surface area contributed by atoms with Crippen LogP contribution in [-0.2, 0) is 6.18 Å². The number of nitriles is 1. The van der Waals surface area contributed by atoms with E-state index in [0.29, 0.717) is 31.6 Å². The molecule has 0 bridgehead atoms. The summed E-state index contributed by atoms with van der Waals surface area (Å²) in [5.74, 6) is 0.286. The Morgan fingerprint density at radius 1 is 1.16 bits per heavy atom. The summed E-state index contributed by atoms with van der Waals surface area (Å²) in [4.78, 5) is 17.2. The first-order chi connectivity index (χ1) is 17.6. The molecule has 198 valence electrons. The topological polar surface area (TPSA) is 79.6 Å². The van der Waals surface area contributed by atoms with Gasteiger partial charge in [-0.05, 0) is 73.9 Å². The molecular weight excluding hydrogens is 505 g/mol. The van der Waals surface area contributed by atoms with E-state index in [0.717, 1.165) is 49.9 Å². The first-order valence-electron chi connectivity index (χ1n) is 12.5. The van der Waals surface area contributed by atoms with Crippen molar-refractivity contribution in [3.8, 4) is 6.07 Å². The van der Waals surface area contributed by atoms with Crippen LogP contribution in [0, 0.1) is 11.3 Å². The second-order valence-electron chi connectivity index (χ2n) is 9.80. The van der Waals surface area contributed by atoms with Gasteiger partial charge in [0.05, 0.1) is 28.3 Å². The highest BCUT2D eigenvalue weighted by Crippen LogP contribution is 2.37. The van der Waals surface area contributed by atoms with Gasteiger partial charge in [-0.3, -0.25) is 4.90 Å². The molecule has 6 nitrogen and oxygen atoms in total. The second kappa shape index (κ2) is 11.7. The van der Waals surface area contributed by atoms with Gasteiger partial charge in [-0.2, -0.15) is 18.4 Å². The van der Waals surface area contributed by atoms with Crippen LogP contribution in [0.2, 0.25) is 5.02 Å². The molecule has 0 aromatic heterocycles. The highest BCUT2D eigenvalue weighted by atomic mass is 35.5. The highest BCUT2D eigenvalue weighted by Gasteiger charge is 2.34. The number of aliphatic hydroxyl groups is 1. The van der Waals surface area contributed by atoms with E-state index in [1.54, 1.807) is 11.0 Å². The number of urea groups is 1. The maximum atomic E-state index is 13.4. The lowest BCUT2D eigenvalue weighted by molar-refractivity contribution is -0.137. The Morgan fingerprint density at radius 2 is 1.92 bits per heavy atom. The van der Waals surface area contributed by atoms with E-state index in [2.05, 4.69) is 16.3 Å². The maximum absolute atomic E-state index is 13.4. The number of hydrogen-bond donors (Lipinski definition) is 2. The first-order valence-corrected chi connectivity index (χ1v) is 12.9. The first kappa shape index (κ1) is 27.2. The van der Waals surface area contributed by atoms with Crippen LogP contribution in [0.4, 0.5) is 23.7 Å². The molecule has 1 atom stereocenters. The fourth-order valence-electron chi connectivity index (χ4n) is 5.31. The van der Waals surface area contributed by atoms with E-state index in [-0.39, 0.29) is 23.8 Å². The van der Waals surface area contributed by atoms with Gasteiger partial charge in [-0.25, -0.2) is 4.79 Å². The molecule has 1 aliphatic heterocycles. The Balaban J connectivity index is 1.46. The van der Waals surface area contributed by atoms with E-state index in [4.69, 9.17) is 11.6 Å². The maximum Gasteiger partial charge on any atom is 0.417 e. The normalized spacial score (nSPS) is 22.4. The summed E-state index contributed by atoms with van der Waals surface area (Å²) in [5.41, 5.74) is 0.769. The number of carbonyl (C=O) groups is 1. The third kappa shape index (κ3) is 6.95. The van der Waals surface area contributed by atoms with Gasteiger partial charge in [0.15, 0.2) is 0 Å². The highest BCUT2D eigenvalue weighted by molar-refractivity contribution is 6.31.